The summed E-state index contributed by atoms with van der Waals surface area (Å²) in [6.45, 7) is 0. The van der Waals surface area contributed by atoms with E-state index in [1.165, 1.54) is 18.5 Å². The highest BCUT2D eigenvalue weighted by molar-refractivity contribution is 6.03. The predicted octanol–water partition coefficient (Wildman–Crippen LogP) is 1.15. The van der Waals surface area contributed by atoms with Gasteiger partial charge in [0.1, 0.15) is 5.82 Å². The smallest absolute Gasteiger partial charge is 0.328 e. The second-order valence-corrected chi connectivity index (χ2v) is 3.56. The number of H-pyrrole nitrogens is 1. The van der Waals surface area contributed by atoms with E-state index in [0.29, 0.717) is 17.1 Å². The molecule has 0 aromatic carbocycles. The maximum Gasteiger partial charge on any atom is 0.328 e. The first-order valence-corrected chi connectivity index (χ1v) is 5.33. The van der Waals surface area contributed by atoms with Gasteiger partial charge in [-0.05, 0) is 18.2 Å². The van der Waals surface area contributed by atoms with Crippen molar-refractivity contribution in [1.82, 2.24) is 15.2 Å². The van der Waals surface area contributed by atoms with Gasteiger partial charge in [-0.15, -0.1) is 0 Å². The molecule has 0 spiro atoms. The Bertz CT molecular complexity index is 620. The minimum absolute atomic E-state index is 0.332. The molecule has 0 radical (unpaired) electrons. The van der Waals surface area contributed by atoms with Gasteiger partial charge in [-0.3, -0.25) is 9.89 Å². The number of rotatable bonds is 4. The minimum atomic E-state index is -1.06. The molecular formula is C12H10N4O3. The van der Waals surface area contributed by atoms with E-state index in [9.17, 15) is 9.59 Å². The summed E-state index contributed by atoms with van der Waals surface area (Å²) < 4.78 is 0. The molecule has 0 bridgehead atoms. The highest BCUT2D eigenvalue weighted by atomic mass is 16.4. The van der Waals surface area contributed by atoms with Gasteiger partial charge in [0.25, 0.3) is 5.91 Å². The summed E-state index contributed by atoms with van der Waals surface area (Å²) in [4.78, 5) is 26.2. The molecule has 2 heterocycles. The molecule has 7 nitrogen and oxygen atoms in total. The van der Waals surface area contributed by atoms with Gasteiger partial charge in [0.15, 0.2) is 0 Å². The molecule has 19 heavy (non-hydrogen) atoms. The quantitative estimate of drug-likeness (QED) is 0.713. The number of carboxylic acid groups (broad SMARTS) is 1. The Morgan fingerprint density at radius 2 is 2.21 bits per heavy atom. The number of aromatic amines is 1. The number of nitrogens with one attached hydrogen (secondary N) is 2. The molecule has 3 N–H and O–H groups in total. The topological polar surface area (TPSA) is 108 Å². The van der Waals surface area contributed by atoms with E-state index in [2.05, 4.69) is 20.5 Å². The molecule has 2 aromatic heterocycles. The first kappa shape index (κ1) is 12.5. The van der Waals surface area contributed by atoms with E-state index in [1.807, 2.05) is 0 Å². The molecule has 2 rings (SSSR count). The number of aromatic nitrogens is 3. The van der Waals surface area contributed by atoms with Crippen molar-refractivity contribution in [3.05, 3.63) is 47.9 Å². The van der Waals surface area contributed by atoms with Crippen molar-refractivity contribution in [3.8, 4) is 0 Å². The van der Waals surface area contributed by atoms with Crippen molar-refractivity contribution in [2.45, 2.75) is 0 Å². The molecule has 0 aliphatic rings. The van der Waals surface area contributed by atoms with Crippen LogP contribution in [-0.2, 0) is 4.79 Å². The van der Waals surface area contributed by atoms with Crippen LogP contribution in [0, 0.1) is 0 Å². The second kappa shape index (κ2) is 5.58. The summed E-state index contributed by atoms with van der Waals surface area (Å²) in [6, 6.07) is 4.91. The van der Waals surface area contributed by atoms with Gasteiger partial charge in [-0.1, -0.05) is 6.07 Å². The van der Waals surface area contributed by atoms with Crippen molar-refractivity contribution in [3.63, 3.8) is 0 Å². The van der Waals surface area contributed by atoms with Crippen LogP contribution in [0.3, 0.4) is 0 Å². The van der Waals surface area contributed by atoms with Crippen LogP contribution in [0.15, 0.2) is 36.7 Å². The molecule has 96 valence electrons. The molecule has 1 amide bonds. The lowest BCUT2D eigenvalue weighted by atomic mass is 10.3. The number of hydrogen-bond acceptors (Lipinski definition) is 4. The zero-order valence-corrected chi connectivity index (χ0v) is 9.70. The average Bonchev–Trinajstić information content (AvgIpc) is 2.91. The molecule has 7 heteroatoms. The van der Waals surface area contributed by atoms with Crippen LogP contribution >= 0.6 is 0 Å². The Morgan fingerprint density at radius 3 is 2.89 bits per heavy atom. The molecule has 0 fully saturated rings. The fourth-order valence-corrected chi connectivity index (χ4v) is 1.33. The fourth-order valence-electron chi connectivity index (χ4n) is 1.33. The van der Waals surface area contributed by atoms with Crippen molar-refractivity contribution in [2.24, 2.45) is 0 Å². The van der Waals surface area contributed by atoms with E-state index in [1.54, 1.807) is 18.2 Å². The van der Waals surface area contributed by atoms with Crippen LogP contribution in [0.1, 0.15) is 16.1 Å². The van der Waals surface area contributed by atoms with E-state index < -0.39 is 5.97 Å². The summed E-state index contributed by atoms with van der Waals surface area (Å²) >= 11 is 0. The standard InChI is InChI=1S/C12H10N4O3/c17-11(18)5-4-9-2-1-3-10(15-9)16-12(19)8-6-13-14-7-8/h1-7H,(H,13,14)(H,17,18)(H,15,16,19). The third-order valence-corrected chi connectivity index (χ3v) is 2.17. The number of carbonyl (C=O) groups is 2. The van der Waals surface area contributed by atoms with Gasteiger partial charge < -0.3 is 10.4 Å². The lowest BCUT2D eigenvalue weighted by Gasteiger charge is -2.03. The van der Waals surface area contributed by atoms with E-state index in [4.69, 9.17) is 5.11 Å². The third-order valence-electron chi connectivity index (χ3n) is 2.17. The molecule has 0 saturated carbocycles. The highest BCUT2D eigenvalue weighted by Gasteiger charge is 2.07. The lowest BCUT2D eigenvalue weighted by molar-refractivity contribution is -0.131. The van der Waals surface area contributed by atoms with Crippen LogP contribution in [0.2, 0.25) is 0 Å². The highest BCUT2D eigenvalue weighted by Crippen LogP contribution is 2.08. The summed E-state index contributed by atoms with van der Waals surface area (Å²) in [5.74, 6) is -1.08. The monoisotopic (exact) mass is 258 g/mol. The van der Waals surface area contributed by atoms with Crippen molar-refractivity contribution < 1.29 is 14.7 Å². The van der Waals surface area contributed by atoms with Crippen molar-refractivity contribution in [1.29, 1.82) is 0 Å². The summed E-state index contributed by atoms with van der Waals surface area (Å²) in [7, 11) is 0. The minimum Gasteiger partial charge on any atom is -0.478 e. The summed E-state index contributed by atoms with van der Waals surface area (Å²) in [5.41, 5.74) is 0.820. The zero-order chi connectivity index (χ0) is 13.7. The molecule has 0 aliphatic carbocycles. The summed E-state index contributed by atoms with van der Waals surface area (Å²) in [5, 5.41) is 17.3. The first-order chi connectivity index (χ1) is 9.15. The van der Waals surface area contributed by atoms with Crippen molar-refractivity contribution in [2.75, 3.05) is 5.32 Å². The maximum absolute atomic E-state index is 11.7. The molecule has 0 atom stereocenters. The van der Waals surface area contributed by atoms with Gasteiger partial charge in [-0.2, -0.15) is 5.10 Å². The van der Waals surface area contributed by atoms with Crippen LogP contribution in [0.5, 0.6) is 0 Å². The van der Waals surface area contributed by atoms with Crippen molar-refractivity contribution >= 4 is 23.8 Å². The van der Waals surface area contributed by atoms with E-state index >= 15 is 0 Å². The Labute approximate surface area is 108 Å². The molecule has 0 saturated heterocycles. The number of carbonyl (C=O) groups excluding carboxylic acids is 1. The Hall–Kier alpha value is -2.96. The Morgan fingerprint density at radius 1 is 1.37 bits per heavy atom. The molecule has 0 aliphatic heterocycles. The number of carboxylic acids is 1. The van der Waals surface area contributed by atoms with Gasteiger partial charge in [0, 0.05) is 12.3 Å². The maximum atomic E-state index is 11.7. The van der Waals surface area contributed by atoms with Gasteiger partial charge in [0.05, 0.1) is 17.5 Å². The number of anilines is 1. The normalized spacial score (nSPS) is 10.5. The first-order valence-electron chi connectivity index (χ1n) is 5.33. The van der Waals surface area contributed by atoms with Crippen LogP contribution < -0.4 is 5.32 Å². The van der Waals surface area contributed by atoms with Crippen LogP contribution in [-0.4, -0.2) is 32.2 Å². The van der Waals surface area contributed by atoms with Gasteiger partial charge in [-0.25, -0.2) is 9.78 Å². The Kier molecular flexibility index (Phi) is 3.67. The SMILES string of the molecule is O=C(O)C=Cc1cccc(NC(=O)c2cn[nH]c2)n1. The zero-order valence-electron chi connectivity index (χ0n) is 9.70. The number of nitrogens with zero attached hydrogens (tertiary/aromatic N) is 2. The third kappa shape index (κ3) is 3.50. The fraction of sp³-hybridized carbons (Fsp3) is 0. The van der Waals surface area contributed by atoms with Crippen LogP contribution in [0.4, 0.5) is 5.82 Å². The largest absolute Gasteiger partial charge is 0.478 e. The number of amides is 1. The molecule has 0 unspecified atom stereocenters. The van der Waals surface area contributed by atoms with E-state index in [-0.39, 0.29) is 5.91 Å². The van der Waals surface area contributed by atoms with Gasteiger partial charge in [0.2, 0.25) is 0 Å². The number of aliphatic carboxylic acids is 1. The second-order valence-electron chi connectivity index (χ2n) is 3.56. The Balaban J connectivity index is 2.11. The number of pyridine rings is 1. The van der Waals surface area contributed by atoms with Crippen LogP contribution in [0.25, 0.3) is 6.08 Å². The molecular weight excluding hydrogens is 248 g/mol. The summed E-state index contributed by atoms with van der Waals surface area (Å²) in [6.07, 6.45) is 5.17. The van der Waals surface area contributed by atoms with Gasteiger partial charge >= 0.3 is 5.97 Å². The molecule has 2 aromatic rings. The van der Waals surface area contributed by atoms with E-state index in [0.717, 1.165) is 6.08 Å². The number of hydrogen-bond donors (Lipinski definition) is 3. The average molecular weight is 258 g/mol. The lowest BCUT2D eigenvalue weighted by Crippen LogP contribution is -2.12. The predicted molar refractivity (Wildman–Crippen MR) is 67.4 cm³/mol.